The van der Waals surface area contributed by atoms with Crippen LogP contribution in [-0.4, -0.2) is 65.4 Å². The number of likely N-dealkylation sites (N-methyl/N-ethyl adjacent to an activating group) is 1. The van der Waals surface area contributed by atoms with Crippen molar-refractivity contribution in [1.29, 1.82) is 0 Å². The molecule has 120 valence electrons. The molecule has 3 N–H and O–H groups in total. The fourth-order valence-electron chi connectivity index (χ4n) is 2.66. The van der Waals surface area contributed by atoms with Crippen LogP contribution in [-0.2, 0) is 4.79 Å². The molecule has 1 aliphatic heterocycles. The molecule has 1 saturated heterocycles. The van der Waals surface area contributed by atoms with Gasteiger partial charge >= 0.3 is 0 Å². The molecule has 1 fully saturated rings. The van der Waals surface area contributed by atoms with Crippen molar-refractivity contribution in [3.63, 3.8) is 0 Å². The third-order valence-electron chi connectivity index (χ3n) is 4.02. The first-order valence-electron chi connectivity index (χ1n) is 7.42. The minimum atomic E-state index is -0.520. The first kappa shape index (κ1) is 16.2. The van der Waals surface area contributed by atoms with Gasteiger partial charge in [-0.1, -0.05) is 0 Å². The van der Waals surface area contributed by atoms with E-state index in [1.165, 1.54) is 0 Å². The first-order chi connectivity index (χ1) is 10.5. The number of pyridine rings is 1. The summed E-state index contributed by atoms with van der Waals surface area (Å²) in [6, 6.07) is 3.12. The highest BCUT2D eigenvalue weighted by molar-refractivity contribution is 6.00. The van der Waals surface area contributed by atoms with Gasteiger partial charge in [0.05, 0.1) is 5.56 Å². The van der Waals surface area contributed by atoms with Gasteiger partial charge < -0.3 is 16.0 Å². The lowest BCUT2D eigenvalue weighted by Crippen LogP contribution is -2.61. The second kappa shape index (κ2) is 6.74. The van der Waals surface area contributed by atoms with Crippen LogP contribution in [0.25, 0.3) is 0 Å². The zero-order valence-electron chi connectivity index (χ0n) is 13.2. The zero-order chi connectivity index (χ0) is 16.3. The number of nitrogens with zero attached hydrogens (tertiary/aromatic N) is 3. The van der Waals surface area contributed by atoms with E-state index in [2.05, 4.69) is 29.0 Å². The van der Waals surface area contributed by atoms with E-state index in [0.717, 1.165) is 6.54 Å². The van der Waals surface area contributed by atoms with Gasteiger partial charge in [0.15, 0.2) is 0 Å². The Balaban J connectivity index is 2.26. The fourth-order valence-corrected chi connectivity index (χ4v) is 2.66. The summed E-state index contributed by atoms with van der Waals surface area (Å²) in [5.74, 6) is -0.224. The van der Waals surface area contributed by atoms with Crippen molar-refractivity contribution >= 4 is 17.6 Å². The largest absolute Gasteiger partial charge is 0.383 e. The minimum Gasteiger partial charge on any atom is -0.383 e. The number of piperazine rings is 1. The number of carbonyl (C=O) groups is 2. The van der Waals surface area contributed by atoms with Gasteiger partial charge in [0.25, 0.3) is 5.91 Å². The number of amides is 2. The maximum absolute atomic E-state index is 12.7. The summed E-state index contributed by atoms with van der Waals surface area (Å²) < 4.78 is 0. The second-order valence-electron chi connectivity index (χ2n) is 5.65. The summed E-state index contributed by atoms with van der Waals surface area (Å²) in [6.07, 6.45) is 1.54. The Bertz CT molecular complexity index is 561. The van der Waals surface area contributed by atoms with E-state index in [-0.39, 0.29) is 17.6 Å². The topological polar surface area (TPSA) is 91.6 Å². The highest BCUT2D eigenvalue weighted by Gasteiger charge is 2.36. The molecule has 0 aromatic carbocycles. The Morgan fingerprint density at radius 1 is 1.41 bits per heavy atom. The van der Waals surface area contributed by atoms with Gasteiger partial charge in [-0.25, -0.2) is 4.98 Å². The fraction of sp³-hybridized carbons (Fsp3) is 0.533. The molecule has 2 rings (SSSR count). The van der Waals surface area contributed by atoms with Gasteiger partial charge in [0.1, 0.15) is 11.9 Å². The summed E-state index contributed by atoms with van der Waals surface area (Å²) in [6.45, 7) is 5.90. The predicted octanol–water partition coefficient (Wildman–Crippen LogP) is -0.0554. The average molecular weight is 305 g/mol. The van der Waals surface area contributed by atoms with E-state index < -0.39 is 6.04 Å². The molecule has 1 atom stereocenters. The Morgan fingerprint density at radius 3 is 2.73 bits per heavy atom. The number of rotatable bonds is 3. The van der Waals surface area contributed by atoms with Gasteiger partial charge in [0.2, 0.25) is 5.91 Å². The Labute approximate surface area is 130 Å². The number of nitrogens with two attached hydrogens (primary N) is 1. The summed E-state index contributed by atoms with van der Waals surface area (Å²) in [7, 11) is 1.58. The molecule has 1 aromatic rings. The number of anilines is 1. The molecule has 2 amide bonds. The van der Waals surface area contributed by atoms with Crippen LogP contribution < -0.4 is 11.1 Å². The Hall–Kier alpha value is -2.15. The number of hydrogen-bond donors (Lipinski definition) is 2. The highest BCUT2D eigenvalue weighted by atomic mass is 16.2. The van der Waals surface area contributed by atoms with Crippen LogP contribution in [0.15, 0.2) is 18.3 Å². The Morgan fingerprint density at radius 2 is 2.14 bits per heavy atom. The summed E-state index contributed by atoms with van der Waals surface area (Å²) in [5, 5.41) is 2.64. The molecular weight excluding hydrogens is 282 g/mol. The number of nitrogens with one attached hydrogen (secondary N) is 1. The molecule has 0 saturated carbocycles. The molecule has 0 bridgehead atoms. The minimum absolute atomic E-state index is 0.166. The van der Waals surface area contributed by atoms with Crippen LogP contribution in [0.4, 0.5) is 5.82 Å². The van der Waals surface area contributed by atoms with Crippen molar-refractivity contribution in [2.75, 3.05) is 32.4 Å². The van der Waals surface area contributed by atoms with Crippen LogP contribution in [0.5, 0.6) is 0 Å². The van der Waals surface area contributed by atoms with Gasteiger partial charge in [0, 0.05) is 38.9 Å². The summed E-state index contributed by atoms with van der Waals surface area (Å²) in [4.78, 5) is 32.6. The van der Waals surface area contributed by atoms with Crippen molar-refractivity contribution in [2.45, 2.75) is 25.9 Å². The SMILES string of the molecule is CNC(=O)[C@@H]1CN(C(C)C)CCN1C(=O)c1cccnc1N. The monoisotopic (exact) mass is 305 g/mol. The highest BCUT2D eigenvalue weighted by Crippen LogP contribution is 2.18. The maximum Gasteiger partial charge on any atom is 0.258 e. The second-order valence-corrected chi connectivity index (χ2v) is 5.65. The summed E-state index contributed by atoms with van der Waals surface area (Å²) >= 11 is 0. The zero-order valence-corrected chi connectivity index (χ0v) is 13.2. The van der Waals surface area contributed by atoms with Crippen LogP contribution >= 0.6 is 0 Å². The molecule has 0 spiro atoms. The van der Waals surface area contributed by atoms with E-state index in [4.69, 9.17) is 5.73 Å². The van der Waals surface area contributed by atoms with Gasteiger partial charge in [-0.05, 0) is 26.0 Å². The van der Waals surface area contributed by atoms with Crippen molar-refractivity contribution in [3.8, 4) is 0 Å². The van der Waals surface area contributed by atoms with E-state index in [1.54, 1.807) is 30.3 Å². The third-order valence-corrected chi connectivity index (χ3v) is 4.02. The number of carbonyl (C=O) groups excluding carboxylic acids is 2. The molecule has 22 heavy (non-hydrogen) atoms. The smallest absolute Gasteiger partial charge is 0.258 e. The Kier molecular flexibility index (Phi) is 4.97. The number of nitrogen functional groups attached to an aromatic ring is 1. The lowest BCUT2D eigenvalue weighted by atomic mass is 10.1. The molecule has 1 aromatic heterocycles. The van der Waals surface area contributed by atoms with E-state index >= 15 is 0 Å². The van der Waals surface area contributed by atoms with E-state index in [1.807, 2.05) is 0 Å². The first-order valence-corrected chi connectivity index (χ1v) is 7.42. The van der Waals surface area contributed by atoms with Gasteiger partial charge in [-0.2, -0.15) is 0 Å². The summed E-state index contributed by atoms with van der Waals surface area (Å²) in [5.41, 5.74) is 6.13. The average Bonchev–Trinajstić information content (AvgIpc) is 2.53. The molecule has 0 unspecified atom stereocenters. The molecular formula is C15H23N5O2. The number of aromatic nitrogens is 1. The normalized spacial score (nSPS) is 19.3. The lowest BCUT2D eigenvalue weighted by Gasteiger charge is -2.42. The van der Waals surface area contributed by atoms with Crippen LogP contribution in [0.2, 0.25) is 0 Å². The van der Waals surface area contributed by atoms with Gasteiger partial charge in [-0.3, -0.25) is 14.5 Å². The molecule has 0 aliphatic carbocycles. The van der Waals surface area contributed by atoms with Gasteiger partial charge in [-0.15, -0.1) is 0 Å². The maximum atomic E-state index is 12.7. The van der Waals surface area contributed by atoms with Crippen LogP contribution in [0.3, 0.4) is 0 Å². The predicted molar refractivity (Wildman–Crippen MR) is 84.2 cm³/mol. The van der Waals surface area contributed by atoms with Crippen LogP contribution in [0, 0.1) is 0 Å². The van der Waals surface area contributed by atoms with E-state index in [0.29, 0.717) is 24.7 Å². The third kappa shape index (κ3) is 3.19. The van der Waals surface area contributed by atoms with Crippen LogP contribution in [0.1, 0.15) is 24.2 Å². The van der Waals surface area contributed by atoms with Crippen molar-refractivity contribution < 1.29 is 9.59 Å². The molecule has 0 radical (unpaired) electrons. The van der Waals surface area contributed by atoms with E-state index in [9.17, 15) is 9.59 Å². The molecule has 7 nitrogen and oxygen atoms in total. The van der Waals surface area contributed by atoms with Crippen molar-refractivity contribution in [3.05, 3.63) is 23.9 Å². The van der Waals surface area contributed by atoms with Crippen molar-refractivity contribution in [2.24, 2.45) is 0 Å². The standard InChI is InChI=1S/C15H23N5O2/c1-10(2)19-7-8-20(12(9-19)14(21)17-3)15(22)11-5-4-6-18-13(11)16/h4-6,10,12H,7-9H2,1-3H3,(H2,16,18)(H,17,21)/t12-/m0/s1. The molecule has 2 heterocycles. The van der Waals surface area contributed by atoms with Crippen molar-refractivity contribution in [1.82, 2.24) is 20.1 Å². The number of hydrogen-bond acceptors (Lipinski definition) is 5. The quantitative estimate of drug-likeness (QED) is 0.816. The molecule has 7 heteroatoms. The molecule has 1 aliphatic rings. The lowest BCUT2D eigenvalue weighted by molar-refractivity contribution is -0.127.